The van der Waals surface area contributed by atoms with Crippen LogP contribution in [0.25, 0.3) is 0 Å². The fraction of sp³-hybridized carbons (Fsp3) is 0.625. The van der Waals surface area contributed by atoms with Crippen molar-refractivity contribution in [1.29, 1.82) is 0 Å². The Morgan fingerprint density at radius 3 is 2.84 bits per heavy atom. The van der Waals surface area contributed by atoms with Gasteiger partial charge in [-0.25, -0.2) is 0 Å². The number of hydrogen-bond donors (Lipinski definition) is 1. The Morgan fingerprint density at radius 1 is 1.26 bits per heavy atom. The highest BCUT2D eigenvalue weighted by atomic mass is 16.5. The molecular formula is C16H27NO2. The number of hydrogen-bond acceptors (Lipinski definition) is 3. The summed E-state index contributed by atoms with van der Waals surface area (Å²) >= 11 is 0. The fourth-order valence-electron chi connectivity index (χ4n) is 1.90. The molecule has 1 atom stereocenters. The van der Waals surface area contributed by atoms with E-state index in [-0.39, 0.29) is 0 Å². The highest BCUT2D eigenvalue weighted by molar-refractivity contribution is 5.27. The Bertz CT molecular complexity index is 341. The zero-order valence-electron chi connectivity index (χ0n) is 12.4. The third kappa shape index (κ3) is 7.19. The number of benzene rings is 1. The van der Waals surface area contributed by atoms with Gasteiger partial charge in [0.05, 0.1) is 19.8 Å². The summed E-state index contributed by atoms with van der Waals surface area (Å²) in [5, 5.41) is 3.41. The van der Waals surface area contributed by atoms with E-state index in [0.29, 0.717) is 12.7 Å². The van der Waals surface area contributed by atoms with Gasteiger partial charge in [0.2, 0.25) is 0 Å². The molecule has 0 fully saturated rings. The second-order valence-electron chi connectivity index (χ2n) is 4.87. The summed E-state index contributed by atoms with van der Waals surface area (Å²) in [5.41, 5.74) is 1.16. The molecule has 108 valence electrons. The summed E-state index contributed by atoms with van der Waals surface area (Å²) < 4.78 is 11.1. The highest BCUT2D eigenvalue weighted by Gasteiger charge is 2.03. The highest BCUT2D eigenvalue weighted by Crippen LogP contribution is 2.14. The summed E-state index contributed by atoms with van der Waals surface area (Å²) in [5.74, 6) is 0.887. The lowest BCUT2D eigenvalue weighted by atomic mass is 10.2. The topological polar surface area (TPSA) is 30.5 Å². The molecule has 0 aliphatic heterocycles. The maximum atomic E-state index is 5.85. The van der Waals surface area contributed by atoms with Gasteiger partial charge in [0.1, 0.15) is 5.75 Å². The summed E-state index contributed by atoms with van der Waals surface area (Å²) in [6.07, 6.45) is 3.76. The van der Waals surface area contributed by atoms with Crippen molar-refractivity contribution in [2.75, 3.05) is 20.2 Å². The SMILES string of the molecule is CCCNCCCC(C)OCc1cccc(OC)c1. The van der Waals surface area contributed by atoms with Gasteiger partial charge in [-0.3, -0.25) is 0 Å². The lowest BCUT2D eigenvalue weighted by Crippen LogP contribution is -2.18. The first-order valence-corrected chi connectivity index (χ1v) is 7.21. The van der Waals surface area contributed by atoms with E-state index in [0.717, 1.165) is 30.8 Å². The second-order valence-corrected chi connectivity index (χ2v) is 4.87. The minimum Gasteiger partial charge on any atom is -0.497 e. The lowest BCUT2D eigenvalue weighted by molar-refractivity contribution is 0.0463. The summed E-state index contributed by atoms with van der Waals surface area (Å²) in [6, 6.07) is 8.04. The first-order valence-electron chi connectivity index (χ1n) is 7.21. The fourth-order valence-corrected chi connectivity index (χ4v) is 1.90. The monoisotopic (exact) mass is 265 g/mol. The number of methoxy groups -OCH3 is 1. The summed E-state index contributed by atoms with van der Waals surface area (Å²) in [6.45, 7) is 7.17. The van der Waals surface area contributed by atoms with Crippen LogP contribution in [0.2, 0.25) is 0 Å². The zero-order valence-corrected chi connectivity index (χ0v) is 12.4. The molecule has 19 heavy (non-hydrogen) atoms. The van der Waals surface area contributed by atoms with E-state index in [1.807, 2.05) is 18.2 Å². The molecule has 0 radical (unpaired) electrons. The standard InChI is InChI=1S/C16H27NO2/c1-4-10-17-11-6-7-14(2)19-13-15-8-5-9-16(12-15)18-3/h5,8-9,12,14,17H,4,6-7,10-11,13H2,1-3H3. The van der Waals surface area contributed by atoms with Crippen LogP contribution in [0.15, 0.2) is 24.3 Å². The van der Waals surface area contributed by atoms with Crippen LogP contribution in [0.3, 0.4) is 0 Å². The first kappa shape index (κ1) is 16.0. The molecule has 1 aromatic carbocycles. The Labute approximate surface area is 117 Å². The third-order valence-corrected chi connectivity index (χ3v) is 3.06. The van der Waals surface area contributed by atoms with Crippen LogP contribution in [0, 0.1) is 0 Å². The molecule has 1 aromatic rings. The quantitative estimate of drug-likeness (QED) is 0.658. The van der Waals surface area contributed by atoms with Gasteiger partial charge in [0.15, 0.2) is 0 Å². The Hall–Kier alpha value is -1.06. The van der Waals surface area contributed by atoms with E-state index in [1.165, 1.54) is 12.8 Å². The maximum Gasteiger partial charge on any atom is 0.119 e. The van der Waals surface area contributed by atoms with Crippen LogP contribution >= 0.6 is 0 Å². The molecule has 0 saturated carbocycles. The van der Waals surface area contributed by atoms with E-state index in [4.69, 9.17) is 9.47 Å². The molecule has 0 aliphatic carbocycles. The van der Waals surface area contributed by atoms with E-state index in [2.05, 4.69) is 25.2 Å². The van der Waals surface area contributed by atoms with E-state index in [9.17, 15) is 0 Å². The van der Waals surface area contributed by atoms with E-state index >= 15 is 0 Å². The number of nitrogens with one attached hydrogen (secondary N) is 1. The van der Waals surface area contributed by atoms with Crippen LogP contribution in [0.4, 0.5) is 0 Å². The Balaban J connectivity index is 2.16. The van der Waals surface area contributed by atoms with Crippen molar-refractivity contribution in [1.82, 2.24) is 5.32 Å². The van der Waals surface area contributed by atoms with Crippen molar-refractivity contribution in [3.63, 3.8) is 0 Å². The average Bonchev–Trinajstić information content (AvgIpc) is 2.45. The maximum absolute atomic E-state index is 5.85. The van der Waals surface area contributed by atoms with E-state index in [1.54, 1.807) is 7.11 Å². The molecule has 0 spiro atoms. The second kappa shape index (κ2) is 9.82. The largest absolute Gasteiger partial charge is 0.497 e. The van der Waals surface area contributed by atoms with Crippen LogP contribution in [0.5, 0.6) is 5.75 Å². The van der Waals surface area contributed by atoms with Crippen molar-refractivity contribution in [2.45, 2.75) is 45.8 Å². The van der Waals surface area contributed by atoms with E-state index < -0.39 is 0 Å². The predicted molar refractivity (Wildman–Crippen MR) is 79.6 cm³/mol. The van der Waals surface area contributed by atoms with Gasteiger partial charge >= 0.3 is 0 Å². The van der Waals surface area contributed by atoms with Gasteiger partial charge in [-0.1, -0.05) is 19.1 Å². The normalized spacial score (nSPS) is 12.4. The molecule has 1 rings (SSSR count). The van der Waals surface area contributed by atoms with Crippen molar-refractivity contribution in [2.24, 2.45) is 0 Å². The van der Waals surface area contributed by atoms with Crippen molar-refractivity contribution in [3.8, 4) is 5.75 Å². The molecule has 0 amide bonds. The minimum absolute atomic E-state index is 0.301. The molecule has 3 heteroatoms. The minimum atomic E-state index is 0.301. The molecule has 0 aliphatic rings. The Morgan fingerprint density at radius 2 is 2.11 bits per heavy atom. The molecule has 1 unspecified atom stereocenters. The van der Waals surface area contributed by atoms with Crippen molar-refractivity contribution >= 4 is 0 Å². The van der Waals surface area contributed by atoms with Crippen LogP contribution in [-0.2, 0) is 11.3 Å². The number of ether oxygens (including phenoxy) is 2. The molecule has 0 aromatic heterocycles. The molecular weight excluding hydrogens is 238 g/mol. The molecule has 1 N–H and O–H groups in total. The smallest absolute Gasteiger partial charge is 0.119 e. The number of rotatable bonds is 10. The zero-order chi connectivity index (χ0) is 13.9. The van der Waals surface area contributed by atoms with Gasteiger partial charge in [-0.2, -0.15) is 0 Å². The average molecular weight is 265 g/mol. The van der Waals surface area contributed by atoms with Crippen LogP contribution < -0.4 is 10.1 Å². The van der Waals surface area contributed by atoms with Gasteiger partial charge in [-0.15, -0.1) is 0 Å². The molecule has 3 nitrogen and oxygen atoms in total. The van der Waals surface area contributed by atoms with Gasteiger partial charge in [0, 0.05) is 0 Å². The van der Waals surface area contributed by atoms with Gasteiger partial charge in [-0.05, 0) is 57.0 Å². The van der Waals surface area contributed by atoms with Crippen molar-refractivity contribution in [3.05, 3.63) is 29.8 Å². The molecule has 0 saturated heterocycles. The summed E-state index contributed by atoms with van der Waals surface area (Å²) in [4.78, 5) is 0. The third-order valence-electron chi connectivity index (χ3n) is 3.06. The van der Waals surface area contributed by atoms with Gasteiger partial charge in [0.25, 0.3) is 0 Å². The summed E-state index contributed by atoms with van der Waals surface area (Å²) in [7, 11) is 1.69. The van der Waals surface area contributed by atoms with Crippen LogP contribution in [0.1, 0.15) is 38.7 Å². The Kier molecular flexibility index (Phi) is 8.26. The van der Waals surface area contributed by atoms with Crippen LogP contribution in [-0.4, -0.2) is 26.3 Å². The van der Waals surface area contributed by atoms with Crippen molar-refractivity contribution < 1.29 is 9.47 Å². The van der Waals surface area contributed by atoms with Gasteiger partial charge < -0.3 is 14.8 Å². The predicted octanol–water partition coefficient (Wildman–Crippen LogP) is 3.38. The molecule has 0 bridgehead atoms. The lowest BCUT2D eigenvalue weighted by Gasteiger charge is -2.13. The molecule has 0 heterocycles. The first-order chi connectivity index (χ1) is 9.26.